The molecule has 0 amide bonds. The van der Waals surface area contributed by atoms with E-state index >= 15 is 0 Å². The summed E-state index contributed by atoms with van der Waals surface area (Å²) in [6, 6.07) is 0. The highest BCUT2D eigenvalue weighted by Gasteiger charge is 2.55. The monoisotopic (exact) mass is 987 g/mol. The van der Waals surface area contributed by atoms with E-state index < -0.39 is 113 Å². The van der Waals surface area contributed by atoms with Gasteiger partial charge in [0.1, 0.15) is 67.6 Å². The molecule has 2 rings (SSSR count). The molecule has 18 nitrogen and oxygen atoms in total. The molecule has 1 saturated carbocycles. The average molecular weight is 987 g/mol. The van der Waals surface area contributed by atoms with Crippen molar-refractivity contribution in [3.05, 3.63) is 0 Å². The fraction of sp³-hybridized carbons (Fsp3) is 0.958. The molecule has 13 unspecified atom stereocenters. The molecule has 67 heavy (non-hydrogen) atoms. The van der Waals surface area contributed by atoms with Crippen LogP contribution in [0.25, 0.3) is 0 Å². The Bertz CT molecular complexity index is 1310. The molecule has 9 N–H and O–H groups in total. The van der Waals surface area contributed by atoms with Crippen molar-refractivity contribution in [2.24, 2.45) is 0 Å². The standard InChI is InChI=1S/C48H91O18P/c1-3-5-7-9-11-13-15-17-18-19-21-23-25-27-29-31-38(51)63-35(33-61-37(50)30-28-26-24-22-20-16-14-12-10-8-6-4-2)34-62-67(59,60)66-47-44(57)42(55)41(54)43(56)46(47)65-48-45(58)40(53)39(52)36(32-49)64-48/h35-36,39-49,52-58H,3-34H2,1-2H3,(H,59,60). The van der Waals surface area contributed by atoms with Gasteiger partial charge in [-0.1, -0.05) is 174 Å². The Morgan fingerprint density at radius 1 is 0.507 bits per heavy atom. The molecular weight excluding hydrogens is 895 g/mol. The van der Waals surface area contributed by atoms with E-state index in [4.69, 9.17) is 28.0 Å². The Hall–Kier alpha value is -1.35. The number of unbranched alkanes of at least 4 members (excludes halogenated alkanes) is 25. The minimum absolute atomic E-state index is 0.0399. The van der Waals surface area contributed by atoms with Crippen LogP contribution in [0.5, 0.6) is 0 Å². The van der Waals surface area contributed by atoms with Gasteiger partial charge in [0.25, 0.3) is 0 Å². The zero-order valence-corrected chi connectivity index (χ0v) is 41.6. The number of phosphoric acid groups is 1. The minimum atomic E-state index is -5.37. The van der Waals surface area contributed by atoms with E-state index in [-0.39, 0.29) is 12.8 Å². The van der Waals surface area contributed by atoms with E-state index in [0.717, 1.165) is 51.4 Å². The van der Waals surface area contributed by atoms with Crippen LogP contribution in [0.15, 0.2) is 0 Å². The van der Waals surface area contributed by atoms with E-state index in [9.17, 15) is 59.9 Å². The lowest BCUT2D eigenvalue weighted by molar-refractivity contribution is -0.338. The zero-order chi connectivity index (χ0) is 49.5. The molecule has 396 valence electrons. The highest BCUT2D eigenvalue weighted by Crippen LogP contribution is 2.48. The number of esters is 2. The summed E-state index contributed by atoms with van der Waals surface area (Å²) < 4.78 is 45.5. The van der Waals surface area contributed by atoms with Crippen LogP contribution < -0.4 is 0 Å². The molecule has 1 aliphatic heterocycles. The Morgan fingerprint density at radius 2 is 0.896 bits per heavy atom. The highest BCUT2D eigenvalue weighted by molar-refractivity contribution is 7.47. The number of phosphoric ester groups is 1. The smallest absolute Gasteiger partial charge is 0.462 e. The fourth-order valence-electron chi connectivity index (χ4n) is 8.53. The minimum Gasteiger partial charge on any atom is -0.462 e. The number of rotatable bonds is 40. The van der Waals surface area contributed by atoms with Gasteiger partial charge in [-0.3, -0.25) is 18.6 Å². The molecule has 0 spiro atoms. The molecule has 1 saturated heterocycles. The first-order valence-corrected chi connectivity index (χ1v) is 27.4. The zero-order valence-electron chi connectivity index (χ0n) is 40.7. The summed E-state index contributed by atoms with van der Waals surface area (Å²) >= 11 is 0. The van der Waals surface area contributed by atoms with Gasteiger partial charge in [0.15, 0.2) is 12.4 Å². The second kappa shape index (κ2) is 36.6. The van der Waals surface area contributed by atoms with Crippen LogP contribution in [0, 0.1) is 0 Å². The van der Waals surface area contributed by atoms with Gasteiger partial charge in [0.2, 0.25) is 0 Å². The average Bonchev–Trinajstić information content (AvgIpc) is 3.31. The first-order chi connectivity index (χ1) is 32.2. The molecule has 2 fully saturated rings. The maximum Gasteiger partial charge on any atom is 0.472 e. The third-order valence-corrected chi connectivity index (χ3v) is 13.8. The number of carbonyl (C=O) groups is 2. The first kappa shape index (κ1) is 61.8. The molecule has 1 heterocycles. The summed E-state index contributed by atoms with van der Waals surface area (Å²) in [7, 11) is -5.37. The van der Waals surface area contributed by atoms with Crippen molar-refractivity contribution in [1.82, 2.24) is 0 Å². The number of carbonyl (C=O) groups excluding carboxylic acids is 2. The summed E-state index contributed by atoms with van der Waals surface area (Å²) in [6.07, 6.45) is 7.56. The Kier molecular flexibility index (Phi) is 33.7. The first-order valence-electron chi connectivity index (χ1n) is 25.9. The van der Waals surface area contributed by atoms with Crippen LogP contribution >= 0.6 is 7.82 Å². The highest BCUT2D eigenvalue weighted by atomic mass is 31.2. The number of aliphatic hydroxyl groups excluding tert-OH is 8. The quantitative estimate of drug-likeness (QED) is 0.0195. The summed E-state index contributed by atoms with van der Waals surface area (Å²) in [5.41, 5.74) is 0. The summed E-state index contributed by atoms with van der Waals surface area (Å²) in [4.78, 5) is 36.5. The molecule has 1 aliphatic carbocycles. The van der Waals surface area contributed by atoms with Gasteiger partial charge in [0, 0.05) is 12.8 Å². The molecule has 2 aliphatic rings. The van der Waals surface area contributed by atoms with Crippen molar-refractivity contribution < 1.29 is 87.9 Å². The molecule has 13 atom stereocenters. The normalized spacial score (nSPS) is 28.0. The van der Waals surface area contributed by atoms with Gasteiger partial charge in [-0.15, -0.1) is 0 Å². The van der Waals surface area contributed by atoms with Crippen LogP contribution in [-0.2, 0) is 42.1 Å². The summed E-state index contributed by atoms with van der Waals surface area (Å²) in [5, 5.41) is 82.9. The topological polar surface area (TPSA) is 289 Å². The van der Waals surface area contributed by atoms with Gasteiger partial charge in [-0.2, -0.15) is 0 Å². The van der Waals surface area contributed by atoms with E-state index in [1.54, 1.807) is 0 Å². The maximum absolute atomic E-state index is 13.4. The van der Waals surface area contributed by atoms with Gasteiger partial charge < -0.3 is 64.7 Å². The molecule has 0 aromatic carbocycles. The van der Waals surface area contributed by atoms with Crippen LogP contribution in [0.1, 0.15) is 200 Å². The number of hydrogen-bond donors (Lipinski definition) is 9. The van der Waals surface area contributed by atoms with E-state index in [1.165, 1.54) is 109 Å². The predicted molar refractivity (Wildman–Crippen MR) is 249 cm³/mol. The van der Waals surface area contributed by atoms with Gasteiger partial charge in [-0.05, 0) is 12.8 Å². The van der Waals surface area contributed by atoms with E-state index in [2.05, 4.69) is 13.8 Å². The lowest BCUT2D eigenvalue weighted by Crippen LogP contribution is -2.67. The summed E-state index contributed by atoms with van der Waals surface area (Å²) in [5.74, 6) is -1.20. The maximum atomic E-state index is 13.4. The molecule has 0 aromatic heterocycles. The Labute approximate surface area is 400 Å². The lowest BCUT2D eigenvalue weighted by Gasteiger charge is -2.47. The molecule has 0 radical (unpaired) electrons. The molecular formula is C48H91O18P. The fourth-order valence-corrected chi connectivity index (χ4v) is 9.50. The van der Waals surface area contributed by atoms with Gasteiger partial charge in [-0.25, -0.2) is 4.57 Å². The number of ether oxygens (including phenoxy) is 4. The van der Waals surface area contributed by atoms with Crippen molar-refractivity contribution in [3.8, 4) is 0 Å². The SMILES string of the molecule is CCCCCCCCCCCCCCCCCC(=O)OC(COC(=O)CCCCCCCCCCCCCC)COP(=O)(O)OC1C(O)C(O)C(O)C(O)C1OC1OC(CO)C(O)C(O)C1O. The van der Waals surface area contributed by atoms with Crippen molar-refractivity contribution in [2.75, 3.05) is 19.8 Å². The lowest BCUT2D eigenvalue weighted by atomic mass is 9.84. The van der Waals surface area contributed by atoms with Crippen molar-refractivity contribution in [1.29, 1.82) is 0 Å². The Balaban J connectivity index is 1.94. The molecule has 0 aromatic rings. The van der Waals surface area contributed by atoms with Crippen LogP contribution in [0.2, 0.25) is 0 Å². The molecule has 0 bridgehead atoms. The summed E-state index contributed by atoms with van der Waals surface area (Å²) in [6.45, 7) is 2.24. The van der Waals surface area contributed by atoms with Crippen LogP contribution in [0.4, 0.5) is 0 Å². The van der Waals surface area contributed by atoms with E-state index in [1.807, 2.05) is 0 Å². The molecule has 19 heteroatoms. The van der Waals surface area contributed by atoms with Crippen LogP contribution in [0.3, 0.4) is 0 Å². The third kappa shape index (κ3) is 25.6. The second-order valence-corrected chi connectivity index (χ2v) is 20.1. The van der Waals surface area contributed by atoms with Gasteiger partial charge in [0.05, 0.1) is 13.2 Å². The van der Waals surface area contributed by atoms with Crippen molar-refractivity contribution in [3.63, 3.8) is 0 Å². The second-order valence-electron chi connectivity index (χ2n) is 18.7. The van der Waals surface area contributed by atoms with Crippen molar-refractivity contribution >= 4 is 19.8 Å². The van der Waals surface area contributed by atoms with Gasteiger partial charge >= 0.3 is 19.8 Å². The van der Waals surface area contributed by atoms with Crippen LogP contribution in [-0.4, -0.2) is 151 Å². The third-order valence-electron chi connectivity index (χ3n) is 12.8. The van der Waals surface area contributed by atoms with E-state index in [0.29, 0.717) is 12.8 Å². The number of hydrogen-bond acceptors (Lipinski definition) is 17. The Morgan fingerprint density at radius 3 is 1.33 bits per heavy atom. The number of aliphatic hydroxyl groups is 8. The largest absolute Gasteiger partial charge is 0.472 e. The van der Waals surface area contributed by atoms with Crippen molar-refractivity contribution in [2.45, 2.75) is 273 Å². The predicted octanol–water partition coefficient (Wildman–Crippen LogP) is 5.94.